The second kappa shape index (κ2) is 10.2. The number of rotatable bonds is 5. The molecule has 1 aliphatic rings. The number of anilines is 1. The topological polar surface area (TPSA) is 84.0 Å². The van der Waals surface area contributed by atoms with E-state index in [0.29, 0.717) is 18.7 Å². The average molecular weight is 503 g/mol. The van der Waals surface area contributed by atoms with Crippen molar-refractivity contribution >= 4 is 22.8 Å². The van der Waals surface area contributed by atoms with E-state index in [1.54, 1.807) is 25.4 Å². The Kier molecular flexibility index (Phi) is 6.86. The van der Waals surface area contributed by atoms with Gasteiger partial charge in [-0.2, -0.15) is 0 Å². The molecule has 3 N–H and O–H groups in total. The number of pyridine rings is 1. The van der Waals surface area contributed by atoms with Crippen LogP contribution in [0.1, 0.15) is 17.5 Å². The lowest BCUT2D eigenvalue weighted by Crippen LogP contribution is -2.51. The molecule has 0 spiro atoms. The van der Waals surface area contributed by atoms with Crippen molar-refractivity contribution < 1.29 is 18.7 Å². The zero-order chi connectivity index (χ0) is 26.1. The number of methoxy groups -OCH3 is 1. The van der Waals surface area contributed by atoms with E-state index in [0.717, 1.165) is 51.5 Å². The van der Waals surface area contributed by atoms with Gasteiger partial charge in [-0.15, -0.1) is 0 Å². The Bertz CT molecular complexity index is 1470. The largest absolute Gasteiger partial charge is 0.411 e. The Morgan fingerprint density at radius 3 is 2.70 bits per heavy atom. The van der Waals surface area contributed by atoms with Crippen molar-refractivity contribution in [2.45, 2.75) is 25.5 Å². The van der Waals surface area contributed by atoms with Gasteiger partial charge in [-0.05, 0) is 65.9 Å². The predicted octanol–water partition coefficient (Wildman–Crippen LogP) is 5.52. The number of oxime groups is 1. The van der Waals surface area contributed by atoms with Crippen molar-refractivity contribution in [2.24, 2.45) is 10.9 Å². The number of nitrogens with two attached hydrogens (primary N) is 1. The normalized spacial score (nSPS) is 18.1. The van der Waals surface area contributed by atoms with Gasteiger partial charge in [0.2, 0.25) is 0 Å². The van der Waals surface area contributed by atoms with Crippen LogP contribution in [-0.2, 0) is 4.74 Å². The predicted molar refractivity (Wildman–Crippen MR) is 142 cm³/mol. The molecule has 1 fully saturated rings. The van der Waals surface area contributed by atoms with Gasteiger partial charge < -0.3 is 20.6 Å². The third-order valence-corrected chi connectivity index (χ3v) is 6.97. The van der Waals surface area contributed by atoms with Crippen LogP contribution in [-0.4, -0.2) is 48.8 Å². The van der Waals surface area contributed by atoms with E-state index in [-0.39, 0.29) is 23.5 Å². The van der Waals surface area contributed by atoms with Gasteiger partial charge in [0, 0.05) is 49.0 Å². The number of hydrogen-bond donors (Lipinski definition) is 2. The molecule has 0 saturated carbocycles. The van der Waals surface area contributed by atoms with E-state index < -0.39 is 5.82 Å². The highest BCUT2D eigenvalue weighted by atomic mass is 19.1. The van der Waals surface area contributed by atoms with E-state index in [9.17, 15) is 8.78 Å². The van der Waals surface area contributed by atoms with Crippen molar-refractivity contribution in [2.75, 3.05) is 25.1 Å². The van der Waals surface area contributed by atoms with Crippen LogP contribution < -0.4 is 10.6 Å². The average Bonchev–Trinajstić information content (AvgIpc) is 2.89. The molecule has 2 atom stereocenters. The maximum atomic E-state index is 14.6. The molecule has 1 unspecified atom stereocenters. The van der Waals surface area contributed by atoms with Crippen LogP contribution in [0, 0.1) is 18.6 Å². The smallest absolute Gasteiger partial charge is 0.132 e. The Morgan fingerprint density at radius 1 is 1.11 bits per heavy atom. The summed E-state index contributed by atoms with van der Waals surface area (Å²) in [6, 6.07) is 15.2. The lowest BCUT2D eigenvalue weighted by molar-refractivity contribution is 0.0731. The molecule has 3 aromatic carbocycles. The molecule has 5 rings (SSSR count). The van der Waals surface area contributed by atoms with Gasteiger partial charge in [-0.3, -0.25) is 4.98 Å². The highest BCUT2D eigenvalue weighted by Crippen LogP contribution is 2.40. The first-order valence-corrected chi connectivity index (χ1v) is 12.1. The van der Waals surface area contributed by atoms with Gasteiger partial charge in [-0.1, -0.05) is 29.4 Å². The highest BCUT2D eigenvalue weighted by molar-refractivity contribution is 6.03. The summed E-state index contributed by atoms with van der Waals surface area (Å²) in [5.74, 6) is -0.816. The molecule has 0 aliphatic carbocycles. The van der Waals surface area contributed by atoms with E-state index in [4.69, 9.17) is 20.7 Å². The maximum Gasteiger partial charge on any atom is 0.132 e. The summed E-state index contributed by atoms with van der Waals surface area (Å²) in [7, 11) is 1.65. The fourth-order valence-corrected chi connectivity index (χ4v) is 5.15. The van der Waals surface area contributed by atoms with E-state index in [1.165, 1.54) is 18.2 Å². The molecule has 1 saturated heterocycles. The van der Waals surface area contributed by atoms with Gasteiger partial charge >= 0.3 is 0 Å². The number of hydrogen-bond acceptors (Lipinski definition) is 6. The Morgan fingerprint density at radius 2 is 1.95 bits per heavy atom. The number of ether oxygens (including phenoxy) is 1. The third-order valence-electron chi connectivity index (χ3n) is 6.97. The number of fused-ring (bicyclic) bond motifs is 1. The SMILES string of the molecule is CO[C@H]1CN(c2c(-c3cc(C)cc(F)c3)cnc3ccc(-c4cccc(F)c4C=NO)cc23)CCC1N. The number of halogens is 2. The molecule has 2 heterocycles. The van der Waals surface area contributed by atoms with Crippen LogP contribution in [0.5, 0.6) is 0 Å². The molecule has 0 radical (unpaired) electrons. The molecule has 0 amide bonds. The summed E-state index contributed by atoms with van der Waals surface area (Å²) in [5, 5.41) is 13.0. The molecule has 37 heavy (non-hydrogen) atoms. The monoisotopic (exact) mass is 502 g/mol. The standard InChI is InChI=1S/C29H28F2N4O2/c1-17-10-19(12-20(30)11-17)23-14-33-27-7-6-18(21-4-3-5-25(31)24(21)15-34-36)13-22(27)29(23)35-9-8-26(32)28(16-35)37-2/h3-7,10-15,26,28,36H,8-9,16,32H2,1-2H3/t26?,28-/m0/s1. The van der Waals surface area contributed by atoms with Gasteiger partial charge in [-0.25, -0.2) is 8.78 Å². The summed E-state index contributed by atoms with van der Waals surface area (Å²) in [6.45, 7) is 3.10. The maximum absolute atomic E-state index is 14.6. The van der Waals surface area contributed by atoms with E-state index in [2.05, 4.69) is 10.1 Å². The Hall–Kier alpha value is -3.88. The Balaban J connectivity index is 1.77. The van der Waals surface area contributed by atoms with Crippen LogP contribution in [0.3, 0.4) is 0 Å². The van der Waals surface area contributed by atoms with Crippen molar-refractivity contribution in [3.05, 3.63) is 83.6 Å². The minimum absolute atomic E-state index is 0.0857. The quantitative estimate of drug-likeness (QED) is 0.213. The van der Waals surface area contributed by atoms with Crippen LogP contribution in [0.4, 0.5) is 14.5 Å². The lowest BCUT2D eigenvalue weighted by atomic mass is 9.94. The summed E-state index contributed by atoms with van der Waals surface area (Å²) in [4.78, 5) is 6.90. The molecule has 0 bridgehead atoms. The molecule has 6 nitrogen and oxygen atoms in total. The summed E-state index contributed by atoms with van der Waals surface area (Å²) in [6.07, 6.45) is 3.42. The summed E-state index contributed by atoms with van der Waals surface area (Å²) < 4.78 is 34.8. The van der Waals surface area contributed by atoms with Gasteiger partial charge in [0.15, 0.2) is 0 Å². The fourth-order valence-electron chi connectivity index (χ4n) is 5.15. The van der Waals surface area contributed by atoms with Crippen LogP contribution in [0.25, 0.3) is 33.2 Å². The minimum atomic E-state index is -0.495. The molecular weight excluding hydrogens is 474 g/mol. The molecule has 8 heteroatoms. The van der Waals surface area contributed by atoms with Crippen molar-refractivity contribution in [3.8, 4) is 22.3 Å². The second-order valence-electron chi connectivity index (χ2n) is 9.39. The first-order chi connectivity index (χ1) is 17.9. The van der Waals surface area contributed by atoms with Crippen molar-refractivity contribution in [1.82, 2.24) is 4.98 Å². The highest BCUT2D eigenvalue weighted by Gasteiger charge is 2.29. The molecule has 190 valence electrons. The minimum Gasteiger partial charge on any atom is -0.411 e. The molecular formula is C29H28F2N4O2. The van der Waals surface area contributed by atoms with Gasteiger partial charge in [0.1, 0.15) is 11.6 Å². The number of aryl methyl sites for hydroxylation is 1. The molecule has 1 aliphatic heterocycles. The van der Waals surface area contributed by atoms with Gasteiger partial charge in [0.05, 0.1) is 23.5 Å². The van der Waals surface area contributed by atoms with E-state index >= 15 is 0 Å². The van der Waals surface area contributed by atoms with Gasteiger partial charge in [0.25, 0.3) is 0 Å². The number of piperidine rings is 1. The number of benzene rings is 3. The van der Waals surface area contributed by atoms with Crippen molar-refractivity contribution in [1.29, 1.82) is 0 Å². The van der Waals surface area contributed by atoms with Crippen LogP contribution in [0.15, 0.2) is 65.9 Å². The Labute approximate surface area is 214 Å². The van der Waals surface area contributed by atoms with Crippen molar-refractivity contribution in [3.63, 3.8) is 0 Å². The second-order valence-corrected chi connectivity index (χ2v) is 9.39. The first kappa shape index (κ1) is 24.8. The number of nitrogens with zero attached hydrogens (tertiary/aromatic N) is 3. The third kappa shape index (κ3) is 4.77. The number of aromatic nitrogens is 1. The first-order valence-electron chi connectivity index (χ1n) is 12.1. The van der Waals surface area contributed by atoms with Crippen LogP contribution >= 0.6 is 0 Å². The van der Waals surface area contributed by atoms with E-state index in [1.807, 2.05) is 31.2 Å². The lowest BCUT2D eigenvalue weighted by Gasteiger charge is -2.38. The summed E-state index contributed by atoms with van der Waals surface area (Å²) in [5.41, 5.74) is 11.7. The zero-order valence-electron chi connectivity index (χ0n) is 20.7. The molecule has 1 aromatic heterocycles. The molecule has 4 aromatic rings. The zero-order valence-corrected chi connectivity index (χ0v) is 20.7. The summed E-state index contributed by atoms with van der Waals surface area (Å²) >= 11 is 0. The fraction of sp³-hybridized carbons (Fsp3) is 0.241. The van der Waals surface area contributed by atoms with Crippen LogP contribution in [0.2, 0.25) is 0 Å².